The van der Waals surface area contributed by atoms with Crippen LogP contribution in [0, 0.1) is 22.2 Å². The summed E-state index contributed by atoms with van der Waals surface area (Å²) in [5.41, 5.74) is 2.80. The molecule has 2 saturated heterocycles. The van der Waals surface area contributed by atoms with Crippen LogP contribution in [-0.4, -0.2) is 87.2 Å². The van der Waals surface area contributed by atoms with Crippen molar-refractivity contribution in [3.8, 4) is 5.69 Å². The molecule has 0 atom stereocenters. The number of carboxylic acids is 1. The van der Waals surface area contributed by atoms with E-state index in [9.17, 15) is 19.1 Å². The summed E-state index contributed by atoms with van der Waals surface area (Å²) < 4.78 is 50.6. The van der Waals surface area contributed by atoms with Gasteiger partial charge in [0.05, 0.1) is 30.1 Å². The van der Waals surface area contributed by atoms with Crippen molar-refractivity contribution in [3.63, 3.8) is 0 Å². The normalized spacial score (nSPS) is 16.2. The fraction of sp³-hybridized carbons (Fsp3) is 0.302. The molecule has 4 heterocycles. The Kier molecular flexibility index (Phi) is 10.3. The van der Waals surface area contributed by atoms with E-state index in [4.69, 9.17) is 17.3 Å². The lowest BCUT2D eigenvalue weighted by atomic mass is 10.1. The number of rotatable bonds is 11. The van der Waals surface area contributed by atoms with Gasteiger partial charge in [0.1, 0.15) is 23.0 Å². The molecule has 9 rings (SSSR count). The van der Waals surface area contributed by atoms with Crippen LogP contribution in [0.5, 0.6) is 0 Å². The lowest BCUT2D eigenvalue weighted by Gasteiger charge is -2.37. The molecule has 304 valence electrons. The van der Waals surface area contributed by atoms with Gasteiger partial charge in [0.25, 0.3) is 0 Å². The van der Waals surface area contributed by atoms with Crippen molar-refractivity contribution in [3.05, 3.63) is 135 Å². The van der Waals surface area contributed by atoms with Crippen molar-refractivity contribution in [2.75, 3.05) is 72.4 Å². The molecule has 2 aromatic heterocycles. The number of aromatic carboxylic acids is 1. The number of nitrogens with one attached hydrogen (secondary N) is 1. The average Bonchev–Trinajstić information content (AvgIpc) is 4.04. The molecule has 3 aliphatic rings. The highest BCUT2D eigenvalue weighted by atomic mass is 32.1. The summed E-state index contributed by atoms with van der Waals surface area (Å²) >= 11 is 5.98. The van der Waals surface area contributed by atoms with Gasteiger partial charge in [-0.05, 0) is 91.8 Å². The molecule has 0 amide bonds. The highest BCUT2D eigenvalue weighted by Gasteiger charge is 2.29. The van der Waals surface area contributed by atoms with Gasteiger partial charge in [-0.15, -0.1) is 0 Å². The predicted molar refractivity (Wildman–Crippen MR) is 224 cm³/mol. The number of carboxylic acid groups (broad SMARTS) is 1. The fourth-order valence-electron chi connectivity index (χ4n) is 8.14. The second kappa shape index (κ2) is 15.9. The summed E-state index contributed by atoms with van der Waals surface area (Å²) in [7, 11) is 0. The number of carbonyl (C=O) groups is 1. The van der Waals surface area contributed by atoms with Crippen molar-refractivity contribution in [1.29, 1.82) is 0 Å². The van der Waals surface area contributed by atoms with Crippen molar-refractivity contribution >= 4 is 51.8 Å². The summed E-state index contributed by atoms with van der Waals surface area (Å²) in [4.78, 5) is 33.1. The van der Waals surface area contributed by atoms with Crippen LogP contribution in [0.25, 0.3) is 16.6 Å². The Balaban J connectivity index is 0.877. The Morgan fingerprint density at radius 3 is 2.12 bits per heavy atom. The van der Waals surface area contributed by atoms with Gasteiger partial charge < -0.3 is 29.7 Å². The smallest absolute Gasteiger partial charge is 0.341 e. The maximum absolute atomic E-state index is 15.6. The van der Waals surface area contributed by atoms with Gasteiger partial charge in [0, 0.05) is 87.0 Å². The first-order valence-corrected chi connectivity index (χ1v) is 20.1. The molecule has 1 aliphatic carbocycles. The van der Waals surface area contributed by atoms with Crippen LogP contribution >= 0.6 is 12.2 Å². The highest BCUT2D eigenvalue weighted by molar-refractivity contribution is 7.71. The predicted octanol–water partition coefficient (Wildman–Crippen LogP) is 6.89. The maximum atomic E-state index is 15.6. The van der Waals surface area contributed by atoms with Crippen LogP contribution in [-0.2, 0) is 13.2 Å². The number of para-hydroxylation sites is 1. The lowest BCUT2D eigenvalue weighted by Crippen LogP contribution is -2.47. The number of hydrogen-bond acceptors (Lipinski definition) is 9. The van der Waals surface area contributed by atoms with Gasteiger partial charge in [-0.25, -0.2) is 22.6 Å². The zero-order valence-corrected chi connectivity index (χ0v) is 32.9. The minimum Gasteiger partial charge on any atom is -0.477 e. The molecule has 3 fully saturated rings. The second-order valence-corrected chi connectivity index (χ2v) is 15.6. The SMILES string of the molecule is O=C(O)c1cn(C2CC2)c2cc(N3CCN(Cn4nc(CNc5ccc(N6CCN(c7ccc(F)cc7)CC6)c(F)c5)n(-c5ccccc5)c4=S)CC3)c(F)cc2c1=O. The minimum absolute atomic E-state index is 0.0714. The molecule has 4 aromatic carbocycles. The molecule has 0 bridgehead atoms. The first-order chi connectivity index (χ1) is 28.6. The molecule has 1 saturated carbocycles. The number of nitrogens with zero attached hydrogens (tertiary/aromatic N) is 8. The van der Waals surface area contributed by atoms with Gasteiger partial charge in [-0.1, -0.05) is 18.2 Å². The van der Waals surface area contributed by atoms with Crippen LogP contribution in [0.2, 0.25) is 0 Å². The van der Waals surface area contributed by atoms with Gasteiger partial charge in [0.2, 0.25) is 10.2 Å². The molecule has 0 spiro atoms. The van der Waals surface area contributed by atoms with E-state index in [1.54, 1.807) is 28.9 Å². The molecule has 0 unspecified atom stereocenters. The zero-order chi connectivity index (χ0) is 40.8. The molecule has 16 heteroatoms. The molecular weight excluding hydrogens is 780 g/mol. The third kappa shape index (κ3) is 7.77. The summed E-state index contributed by atoms with van der Waals surface area (Å²) in [5, 5.41) is 17.9. The van der Waals surface area contributed by atoms with Gasteiger partial charge in [-0.2, -0.15) is 5.10 Å². The number of fused-ring (bicyclic) bond motifs is 1. The number of benzene rings is 4. The summed E-state index contributed by atoms with van der Waals surface area (Å²) in [5.74, 6) is -1.84. The van der Waals surface area contributed by atoms with Gasteiger partial charge in [0.15, 0.2) is 5.82 Å². The monoisotopic (exact) mass is 821 g/mol. The van der Waals surface area contributed by atoms with Crippen LogP contribution < -0.4 is 25.4 Å². The van der Waals surface area contributed by atoms with E-state index in [-0.39, 0.29) is 35.2 Å². The summed E-state index contributed by atoms with van der Waals surface area (Å²) in [6.45, 7) is 5.52. The fourth-order valence-corrected chi connectivity index (χ4v) is 8.44. The average molecular weight is 822 g/mol. The molecule has 2 N–H and O–H groups in total. The molecule has 0 radical (unpaired) electrons. The Labute approximate surface area is 342 Å². The Morgan fingerprint density at radius 2 is 1.44 bits per heavy atom. The third-order valence-electron chi connectivity index (χ3n) is 11.4. The Bertz CT molecular complexity index is 2650. The second-order valence-electron chi connectivity index (χ2n) is 15.2. The molecule has 6 aromatic rings. The number of pyridine rings is 1. The Morgan fingerprint density at radius 1 is 0.780 bits per heavy atom. The third-order valence-corrected chi connectivity index (χ3v) is 11.8. The minimum atomic E-state index is -1.32. The summed E-state index contributed by atoms with van der Waals surface area (Å²) in [6.07, 6.45) is 3.13. The lowest BCUT2D eigenvalue weighted by molar-refractivity contribution is 0.0694. The first-order valence-electron chi connectivity index (χ1n) is 19.7. The Hall–Kier alpha value is -6.13. The van der Waals surface area contributed by atoms with E-state index in [1.165, 1.54) is 30.5 Å². The standard InChI is InChI=1S/C43H42F3N9O3S/c44-28-6-9-30(10-7-28)50-18-20-51(21-19-50)37-13-8-29(22-35(37)45)47-25-40-48-54(43(59)55(40)32-4-2-1-3-5-32)27-49-14-16-52(17-15-49)39-24-38-33(23-36(39)46)41(56)34(42(57)58)26-53(38)31-11-12-31/h1-10,13,22-24,26,31,47H,11-12,14-21,25,27H2,(H,57,58). The van der Waals surface area contributed by atoms with Crippen molar-refractivity contribution < 1.29 is 23.1 Å². The number of hydrogen-bond donors (Lipinski definition) is 2. The van der Waals surface area contributed by atoms with Crippen molar-refractivity contribution in [1.82, 2.24) is 23.8 Å². The van der Waals surface area contributed by atoms with Crippen molar-refractivity contribution in [2.24, 2.45) is 0 Å². The molecule has 2 aliphatic heterocycles. The molecule has 12 nitrogen and oxygen atoms in total. The van der Waals surface area contributed by atoms with E-state index < -0.39 is 17.2 Å². The largest absolute Gasteiger partial charge is 0.477 e. The van der Waals surface area contributed by atoms with Gasteiger partial charge >= 0.3 is 5.97 Å². The van der Waals surface area contributed by atoms with E-state index in [0.717, 1.165) is 24.2 Å². The highest BCUT2D eigenvalue weighted by Crippen LogP contribution is 2.38. The first kappa shape index (κ1) is 38.4. The van der Waals surface area contributed by atoms with Crippen LogP contribution in [0.15, 0.2) is 95.9 Å². The van der Waals surface area contributed by atoms with Crippen molar-refractivity contribution in [2.45, 2.75) is 32.1 Å². The quantitative estimate of drug-likeness (QED) is 0.134. The zero-order valence-electron chi connectivity index (χ0n) is 32.1. The molecular formula is C43H42F3N9O3S. The van der Waals surface area contributed by atoms with E-state index in [0.29, 0.717) is 92.2 Å². The number of piperazine rings is 2. The van der Waals surface area contributed by atoms with Crippen LogP contribution in [0.3, 0.4) is 0 Å². The van der Waals surface area contributed by atoms with E-state index in [1.807, 2.05) is 55.3 Å². The number of anilines is 4. The maximum Gasteiger partial charge on any atom is 0.341 e. The van der Waals surface area contributed by atoms with Gasteiger partial charge in [-0.3, -0.25) is 14.3 Å². The number of aromatic nitrogens is 4. The number of halogens is 3. The molecule has 59 heavy (non-hydrogen) atoms. The van der Waals surface area contributed by atoms with Crippen LogP contribution in [0.4, 0.5) is 35.9 Å². The van der Waals surface area contributed by atoms with Crippen LogP contribution in [0.1, 0.15) is 35.1 Å². The van der Waals surface area contributed by atoms with E-state index >= 15 is 8.78 Å². The topological polar surface area (TPSA) is 107 Å². The van der Waals surface area contributed by atoms with E-state index in [2.05, 4.69) is 15.1 Å². The summed E-state index contributed by atoms with van der Waals surface area (Å²) in [6, 6.07) is 24.2.